The second-order valence-electron chi connectivity index (χ2n) is 4.33. The minimum atomic E-state index is -0.135. The van der Waals surface area contributed by atoms with Gasteiger partial charge in [0.15, 0.2) is 0 Å². The van der Waals surface area contributed by atoms with Crippen LogP contribution in [0.15, 0.2) is 46.8 Å². The molecule has 1 aromatic heterocycles. The lowest BCUT2D eigenvalue weighted by molar-refractivity contribution is 0.0765. The Balaban J connectivity index is 1.87. The summed E-state index contributed by atoms with van der Waals surface area (Å²) in [5, 5.41) is 0.902. The molecule has 0 unspecified atom stereocenters. The first-order chi connectivity index (χ1) is 8.74. The highest BCUT2D eigenvalue weighted by atomic mass is 19.1. The summed E-state index contributed by atoms with van der Waals surface area (Å²) in [4.78, 5) is 13.9. The van der Waals surface area contributed by atoms with E-state index in [1.54, 1.807) is 29.4 Å². The molecule has 1 amide bonds. The van der Waals surface area contributed by atoms with Crippen LogP contribution in [0.1, 0.15) is 16.8 Å². The molecule has 0 saturated heterocycles. The summed E-state index contributed by atoms with van der Waals surface area (Å²) in [6.45, 7) is 0.776. The van der Waals surface area contributed by atoms with Gasteiger partial charge in [-0.1, -0.05) is 0 Å². The van der Waals surface area contributed by atoms with E-state index in [4.69, 9.17) is 4.42 Å². The van der Waals surface area contributed by atoms with Gasteiger partial charge < -0.3 is 9.32 Å². The predicted molar refractivity (Wildman–Crippen MR) is 65.9 cm³/mol. The molecule has 0 fully saturated rings. The highest BCUT2D eigenvalue weighted by Crippen LogP contribution is 2.19. The van der Waals surface area contributed by atoms with Crippen LogP contribution in [-0.4, -0.2) is 23.9 Å². The van der Waals surface area contributed by atoms with Crippen LogP contribution < -0.4 is 0 Å². The van der Waals surface area contributed by atoms with Crippen LogP contribution in [0, 0.1) is 0 Å². The van der Waals surface area contributed by atoms with Crippen LogP contribution in [0.3, 0.4) is 0 Å². The van der Waals surface area contributed by atoms with Crippen LogP contribution in [-0.2, 0) is 0 Å². The van der Waals surface area contributed by atoms with E-state index in [9.17, 15) is 9.18 Å². The van der Waals surface area contributed by atoms with E-state index >= 15 is 0 Å². The molecule has 1 aliphatic rings. The van der Waals surface area contributed by atoms with Crippen molar-refractivity contribution < 1.29 is 13.6 Å². The smallest absolute Gasteiger partial charge is 0.254 e. The van der Waals surface area contributed by atoms with Gasteiger partial charge in [0.05, 0.1) is 12.1 Å². The number of benzene rings is 1. The quantitative estimate of drug-likeness (QED) is 0.773. The maximum absolute atomic E-state index is 12.9. The van der Waals surface area contributed by atoms with Gasteiger partial charge >= 0.3 is 0 Å². The Bertz CT molecular complexity index is 630. The molecule has 3 rings (SSSR count). The Morgan fingerprint density at radius 2 is 2.22 bits per heavy atom. The van der Waals surface area contributed by atoms with Crippen molar-refractivity contribution in [2.24, 2.45) is 0 Å². The lowest BCUT2D eigenvalue weighted by Gasteiger charge is -2.24. The zero-order valence-electron chi connectivity index (χ0n) is 9.73. The molecule has 2 heterocycles. The zero-order chi connectivity index (χ0) is 12.5. The predicted octanol–water partition coefficient (Wildman–Crippen LogP) is 3.13. The normalized spacial score (nSPS) is 15.8. The van der Waals surface area contributed by atoms with E-state index in [2.05, 4.69) is 0 Å². The van der Waals surface area contributed by atoms with E-state index in [1.165, 1.54) is 6.08 Å². The molecule has 3 nitrogen and oxygen atoms in total. The Morgan fingerprint density at radius 3 is 3.00 bits per heavy atom. The van der Waals surface area contributed by atoms with E-state index in [-0.39, 0.29) is 11.7 Å². The first-order valence-corrected chi connectivity index (χ1v) is 5.85. The van der Waals surface area contributed by atoms with Crippen LogP contribution in [0.25, 0.3) is 11.0 Å². The first-order valence-electron chi connectivity index (χ1n) is 5.85. The van der Waals surface area contributed by atoms with Crippen molar-refractivity contribution in [1.82, 2.24) is 4.90 Å². The zero-order valence-corrected chi connectivity index (χ0v) is 9.73. The molecule has 18 heavy (non-hydrogen) atoms. The van der Waals surface area contributed by atoms with E-state index < -0.39 is 0 Å². The van der Waals surface area contributed by atoms with Gasteiger partial charge in [-0.2, -0.15) is 0 Å². The Hall–Kier alpha value is -2.10. The first kappa shape index (κ1) is 11.0. The monoisotopic (exact) mass is 245 g/mol. The van der Waals surface area contributed by atoms with Crippen molar-refractivity contribution in [2.45, 2.75) is 6.42 Å². The number of fused-ring (bicyclic) bond motifs is 1. The average molecular weight is 245 g/mol. The standard InChI is InChI=1S/C14H12FNO2/c15-12-3-6-16(7-4-12)14(17)11-1-2-13-10(9-11)5-8-18-13/h1-3,5,8-9H,4,6-7H2. The van der Waals surface area contributed by atoms with Crippen molar-refractivity contribution in [1.29, 1.82) is 0 Å². The number of amides is 1. The number of carbonyl (C=O) groups is 1. The minimum absolute atomic E-state index is 0.0677. The summed E-state index contributed by atoms with van der Waals surface area (Å²) >= 11 is 0. The molecule has 4 heteroatoms. The van der Waals surface area contributed by atoms with E-state index in [0.717, 1.165) is 11.0 Å². The van der Waals surface area contributed by atoms with Gasteiger partial charge in [-0.05, 0) is 30.3 Å². The molecule has 0 N–H and O–H groups in total. The van der Waals surface area contributed by atoms with Crippen LogP contribution in [0.2, 0.25) is 0 Å². The topological polar surface area (TPSA) is 33.5 Å². The number of rotatable bonds is 1. The lowest BCUT2D eigenvalue weighted by Crippen LogP contribution is -2.34. The summed E-state index contributed by atoms with van der Waals surface area (Å²) in [6.07, 6.45) is 3.36. The van der Waals surface area contributed by atoms with Gasteiger partial charge in [0, 0.05) is 30.5 Å². The number of halogens is 1. The molecule has 0 spiro atoms. The highest BCUT2D eigenvalue weighted by molar-refractivity contribution is 5.97. The third kappa shape index (κ3) is 1.90. The van der Waals surface area contributed by atoms with Gasteiger partial charge in [-0.3, -0.25) is 4.79 Å². The fourth-order valence-electron chi connectivity index (χ4n) is 2.11. The highest BCUT2D eigenvalue weighted by Gasteiger charge is 2.19. The van der Waals surface area contributed by atoms with E-state index in [0.29, 0.717) is 25.1 Å². The lowest BCUT2D eigenvalue weighted by atomic mass is 10.1. The summed E-state index contributed by atoms with van der Waals surface area (Å²) in [7, 11) is 0. The van der Waals surface area contributed by atoms with Crippen LogP contribution in [0.5, 0.6) is 0 Å². The molecule has 92 valence electrons. The molecule has 1 aromatic carbocycles. The van der Waals surface area contributed by atoms with Crippen molar-refractivity contribution in [3.63, 3.8) is 0 Å². The van der Waals surface area contributed by atoms with Crippen molar-refractivity contribution in [3.05, 3.63) is 48.0 Å². The fourth-order valence-corrected chi connectivity index (χ4v) is 2.11. The average Bonchev–Trinajstić information content (AvgIpc) is 2.86. The van der Waals surface area contributed by atoms with E-state index in [1.807, 2.05) is 6.07 Å². The number of nitrogens with zero attached hydrogens (tertiary/aromatic N) is 1. The number of furan rings is 1. The number of carbonyl (C=O) groups excluding carboxylic acids is 1. The van der Waals surface area contributed by atoms with Gasteiger partial charge in [0.25, 0.3) is 5.91 Å². The largest absolute Gasteiger partial charge is 0.464 e. The maximum atomic E-state index is 12.9. The minimum Gasteiger partial charge on any atom is -0.464 e. The van der Waals surface area contributed by atoms with Crippen molar-refractivity contribution in [3.8, 4) is 0 Å². The molecule has 0 radical (unpaired) electrons. The molecule has 0 aliphatic carbocycles. The molecule has 0 saturated carbocycles. The Morgan fingerprint density at radius 1 is 1.33 bits per heavy atom. The summed E-state index contributed by atoms with van der Waals surface area (Å²) in [5.41, 5.74) is 1.37. The molecule has 1 aliphatic heterocycles. The number of hydrogen-bond acceptors (Lipinski definition) is 2. The summed E-state index contributed by atoms with van der Waals surface area (Å²) in [5.74, 6) is -0.203. The number of hydrogen-bond donors (Lipinski definition) is 0. The second-order valence-corrected chi connectivity index (χ2v) is 4.33. The molecular formula is C14H12FNO2. The van der Waals surface area contributed by atoms with Gasteiger partial charge in [0.1, 0.15) is 5.58 Å². The third-order valence-corrected chi connectivity index (χ3v) is 3.14. The molecule has 0 bridgehead atoms. The van der Waals surface area contributed by atoms with Gasteiger partial charge in [-0.15, -0.1) is 0 Å². The molecule has 0 atom stereocenters. The SMILES string of the molecule is O=C(c1ccc2occc2c1)N1CC=C(F)CC1. The third-order valence-electron chi connectivity index (χ3n) is 3.14. The Kier molecular flexibility index (Phi) is 2.63. The fraction of sp³-hybridized carbons (Fsp3) is 0.214. The summed E-state index contributed by atoms with van der Waals surface area (Å²) in [6, 6.07) is 7.14. The van der Waals surface area contributed by atoms with Gasteiger partial charge in [-0.25, -0.2) is 4.39 Å². The van der Waals surface area contributed by atoms with Crippen LogP contribution >= 0.6 is 0 Å². The summed E-state index contributed by atoms with van der Waals surface area (Å²) < 4.78 is 18.1. The molecular weight excluding hydrogens is 233 g/mol. The van der Waals surface area contributed by atoms with Crippen LogP contribution in [0.4, 0.5) is 4.39 Å². The maximum Gasteiger partial charge on any atom is 0.254 e. The van der Waals surface area contributed by atoms with Crippen molar-refractivity contribution in [2.75, 3.05) is 13.1 Å². The molecule has 2 aromatic rings. The Labute approximate surface area is 103 Å². The second kappa shape index (κ2) is 4.29. The van der Waals surface area contributed by atoms with Crippen molar-refractivity contribution >= 4 is 16.9 Å². The van der Waals surface area contributed by atoms with Gasteiger partial charge in [0.2, 0.25) is 0 Å².